The van der Waals surface area contributed by atoms with E-state index in [9.17, 15) is 8.42 Å². The summed E-state index contributed by atoms with van der Waals surface area (Å²) in [4.78, 5) is 8.18. The van der Waals surface area contributed by atoms with Gasteiger partial charge in [0.1, 0.15) is 0 Å². The predicted octanol–water partition coefficient (Wildman–Crippen LogP) is -2.04. The Morgan fingerprint density at radius 2 is 1.72 bits per heavy atom. The van der Waals surface area contributed by atoms with Crippen molar-refractivity contribution >= 4 is 19.7 Å². The highest BCUT2D eigenvalue weighted by molar-refractivity contribution is 8.12. The minimum atomic E-state index is -3.55. The van der Waals surface area contributed by atoms with Crippen LogP contribution in [-0.2, 0) is 14.9 Å². The summed E-state index contributed by atoms with van der Waals surface area (Å²) in [6, 6.07) is 5.20. The van der Waals surface area contributed by atoms with Crippen LogP contribution in [0.5, 0.6) is 0 Å². The first kappa shape index (κ1) is 14.8. The number of halogens is 2. The van der Waals surface area contributed by atoms with Crippen molar-refractivity contribution in [1.29, 1.82) is 0 Å². The second-order valence-corrected chi connectivity index (χ2v) is 6.09. The van der Waals surface area contributed by atoms with E-state index < -0.39 is 9.05 Å². The lowest BCUT2D eigenvalue weighted by atomic mass is 10.2. The molecule has 0 amide bonds. The van der Waals surface area contributed by atoms with Gasteiger partial charge in [-0.15, -0.1) is 0 Å². The molecule has 0 unspecified atom stereocenters. The van der Waals surface area contributed by atoms with Gasteiger partial charge >= 0.3 is 0 Å². The Hall–Kier alpha value is -1.24. The van der Waals surface area contributed by atoms with Crippen LogP contribution in [0.2, 0.25) is 0 Å². The molecular formula is C10H9Cl2N3O2S. The highest BCUT2D eigenvalue weighted by atomic mass is 35.7. The van der Waals surface area contributed by atoms with Crippen molar-refractivity contribution in [3.63, 3.8) is 0 Å². The van der Waals surface area contributed by atoms with Crippen molar-refractivity contribution in [3.8, 4) is 11.4 Å². The molecule has 18 heavy (non-hydrogen) atoms. The van der Waals surface area contributed by atoms with E-state index in [-0.39, 0.29) is 18.3 Å². The summed E-state index contributed by atoms with van der Waals surface area (Å²) in [5, 5.41) is 0. The molecule has 0 spiro atoms. The Bertz CT molecular complexity index is 603. The Morgan fingerprint density at radius 1 is 1.17 bits per heavy atom. The van der Waals surface area contributed by atoms with E-state index in [1.807, 2.05) is 0 Å². The van der Waals surface area contributed by atoms with Crippen LogP contribution < -0.4 is 17.0 Å². The van der Waals surface area contributed by atoms with Gasteiger partial charge in [0.15, 0.2) is 18.2 Å². The van der Waals surface area contributed by atoms with Crippen LogP contribution in [-0.4, -0.2) is 18.4 Å². The van der Waals surface area contributed by atoms with Crippen LogP contribution in [0.25, 0.3) is 11.4 Å². The lowest BCUT2D eigenvalue weighted by Gasteiger charge is -1.98. The van der Waals surface area contributed by atoms with Crippen molar-refractivity contribution in [2.75, 3.05) is 0 Å². The quantitative estimate of drug-likeness (QED) is 0.484. The molecule has 0 N–H and O–H groups in total. The van der Waals surface area contributed by atoms with Crippen molar-refractivity contribution < 1.29 is 25.4 Å². The van der Waals surface area contributed by atoms with Gasteiger partial charge in [-0.25, -0.2) is 18.4 Å². The highest BCUT2D eigenvalue weighted by Crippen LogP contribution is 2.10. The molecule has 0 saturated heterocycles. The summed E-state index contributed by atoms with van der Waals surface area (Å²) < 4.78 is 23.2. The topological polar surface area (TPSA) is 63.8 Å². The molecular weight excluding hydrogens is 297 g/mol. The van der Waals surface area contributed by atoms with Gasteiger partial charge < -0.3 is 12.4 Å². The van der Waals surface area contributed by atoms with Gasteiger partial charge in [-0.2, -0.15) is 4.57 Å². The predicted molar refractivity (Wildman–Crippen MR) is 62.4 cm³/mol. The minimum Gasteiger partial charge on any atom is -1.00 e. The molecule has 0 radical (unpaired) electrons. The summed E-state index contributed by atoms with van der Waals surface area (Å²) >= 11 is 0. The van der Waals surface area contributed by atoms with Gasteiger partial charge in [0, 0.05) is 40.8 Å². The first-order valence-electron chi connectivity index (χ1n) is 4.73. The third-order valence-corrected chi connectivity index (χ3v) is 2.92. The van der Waals surface area contributed by atoms with Crippen LogP contribution in [0.15, 0.2) is 43.0 Å². The van der Waals surface area contributed by atoms with E-state index >= 15 is 0 Å². The van der Waals surface area contributed by atoms with E-state index in [1.54, 1.807) is 43.0 Å². The number of hydrogen-bond donors (Lipinski definition) is 0. The lowest BCUT2D eigenvalue weighted by molar-refractivity contribution is -0.677. The standard InChI is InChI=1S/C10H9ClN3O2S.ClH/c11-17(15,16)8-14-6-2-9(3-7-14)10-12-4-1-5-13-10;/h1-7H,8H2;1H/q+1;/p-1. The van der Waals surface area contributed by atoms with Crippen molar-refractivity contribution in [1.82, 2.24) is 9.97 Å². The van der Waals surface area contributed by atoms with Crippen LogP contribution in [0.3, 0.4) is 0 Å². The van der Waals surface area contributed by atoms with Crippen LogP contribution >= 0.6 is 10.7 Å². The average molecular weight is 306 g/mol. The van der Waals surface area contributed by atoms with Crippen LogP contribution in [0.4, 0.5) is 0 Å². The van der Waals surface area contributed by atoms with Crippen molar-refractivity contribution in [3.05, 3.63) is 43.0 Å². The molecule has 8 heteroatoms. The largest absolute Gasteiger partial charge is 1.00 e. The maximum Gasteiger partial charge on any atom is 0.293 e. The van der Waals surface area contributed by atoms with Gasteiger partial charge in [-0.1, -0.05) is 0 Å². The zero-order valence-corrected chi connectivity index (χ0v) is 11.4. The Kier molecular flexibility index (Phi) is 5.01. The highest BCUT2D eigenvalue weighted by Gasteiger charge is 2.13. The lowest BCUT2D eigenvalue weighted by Crippen LogP contribution is -3.00. The molecule has 0 saturated carbocycles. The summed E-state index contributed by atoms with van der Waals surface area (Å²) in [5.74, 6) is 0.332. The van der Waals surface area contributed by atoms with Crippen molar-refractivity contribution in [2.24, 2.45) is 0 Å². The van der Waals surface area contributed by atoms with E-state index in [4.69, 9.17) is 10.7 Å². The van der Waals surface area contributed by atoms with Crippen molar-refractivity contribution in [2.45, 2.75) is 5.88 Å². The zero-order chi connectivity index (χ0) is 12.3. The SMILES string of the molecule is O=S(=O)(Cl)C[n+]1ccc(-c2ncccn2)cc1.[Cl-]. The molecule has 0 aliphatic carbocycles. The van der Waals surface area contributed by atoms with E-state index in [0.29, 0.717) is 5.82 Å². The maximum absolute atomic E-state index is 10.9. The molecule has 0 aromatic carbocycles. The van der Waals surface area contributed by atoms with Gasteiger partial charge in [-0.05, 0) is 6.07 Å². The number of aromatic nitrogens is 3. The van der Waals surface area contributed by atoms with Gasteiger partial charge in [0.05, 0.1) is 0 Å². The fraction of sp³-hybridized carbons (Fsp3) is 0.100. The summed E-state index contributed by atoms with van der Waals surface area (Å²) in [7, 11) is 1.60. The number of pyridine rings is 1. The number of hydrogen-bond acceptors (Lipinski definition) is 4. The monoisotopic (exact) mass is 305 g/mol. The molecule has 0 aliphatic rings. The second-order valence-electron chi connectivity index (χ2n) is 3.34. The minimum absolute atomic E-state index is 0. The number of rotatable bonds is 3. The molecule has 0 atom stereocenters. The first-order valence-corrected chi connectivity index (χ1v) is 7.21. The second kappa shape index (κ2) is 6.08. The summed E-state index contributed by atoms with van der Waals surface area (Å²) in [6.45, 7) is 0. The van der Waals surface area contributed by atoms with E-state index in [1.165, 1.54) is 4.57 Å². The normalized spacial score (nSPS) is 10.7. The Labute approximate surface area is 115 Å². The van der Waals surface area contributed by atoms with Gasteiger partial charge in [-0.3, -0.25) is 0 Å². The molecule has 2 rings (SSSR count). The molecule has 0 bridgehead atoms. The fourth-order valence-corrected chi connectivity index (χ4v) is 2.18. The van der Waals surface area contributed by atoms with Gasteiger partial charge in [0.25, 0.3) is 14.9 Å². The molecule has 5 nitrogen and oxygen atoms in total. The van der Waals surface area contributed by atoms with E-state index in [0.717, 1.165) is 5.56 Å². The fourth-order valence-electron chi connectivity index (χ4n) is 1.32. The average Bonchev–Trinajstić information content (AvgIpc) is 2.29. The molecule has 96 valence electrons. The third kappa shape index (κ3) is 4.21. The van der Waals surface area contributed by atoms with Gasteiger partial charge in [0.2, 0.25) is 0 Å². The first-order chi connectivity index (χ1) is 8.04. The number of nitrogens with zero attached hydrogens (tertiary/aromatic N) is 3. The molecule has 2 aromatic heterocycles. The maximum atomic E-state index is 10.9. The molecule has 2 aromatic rings. The smallest absolute Gasteiger partial charge is 0.293 e. The van der Waals surface area contributed by atoms with Crippen LogP contribution in [0, 0.1) is 0 Å². The molecule has 0 aliphatic heterocycles. The van der Waals surface area contributed by atoms with Crippen LogP contribution in [0.1, 0.15) is 0 Å². The molecule has 0 fully saturated rings. The summed E-state index contributed by atoms with van der Waals surface area (Å²) in [6.07, 6.45) is 6.52. The Morgan fingerprint density at radius 3 is 2.22 bits per heavy atom. The summed E-state index contributed by atoms with van der Waals surface area (Å²) in [5.41, 5.74) is 0.814. The Balaban J connectivity index is 0.00000162. The molecule has 2 heterocycles. The van der Waals surface area contributed by atoms with E-state index in [2.05, 4.69) is 9.97 Å². The zero-order valence-electron chi connectivity index (χ0n) is 9.07. The third-order valence-electron chi connectivity index (χ3n) is 2.02.